The lowest BCUT2D eigenvalue weighted by Gasteiger charge is -2.16. The third-order valence-electron chi connectivity index (χ3n) is 5.30. The van der Waals surface area contributed by atoms with Crippen molar-refractivity contribution in [2.75, 3.05) is 25.3 Å². The molecule has 1 amide bonds. The van der Waals surface area contributed by atoms with Crippen LogP contribution in [0, 0.1) is 0 Å². The first-order valence-corrected chi connectivity index (χ1v) is 12.2. The molecule has 0 saturated heterocycles. The molecule has 0 spiro atoms. The molecule has 0 bridgehead atoms. The summed E-state index contributed by atoms with van der Waals surface area (Å²) in [5.74, 6) is 3.15. The van der Waals surface area contributed by atoms with Crippen LogP contribution in [0.5, 0.6) is 17.2 Å². The summed E-state index contributed by atoms with van der Waals surface area (Å²) in [4.78, 5) is 12.6. The van der Waals surface area contributed by atoms with Crippen molar-refractivity contribution in [2.24, 2.45) is 0 Å². The number of carbonyl (C=O) groups excluding carboxylic acids is 1. The van der Waals surface area contributed by atoms with Crippen molar-refractivity contribution < 1.29 is 19.0 Å². The number of nitrogens with zero attached hydrogens (tertiary/aromatic N) is 3. The SMILES string of the molecule is CCn1c(SCC(=O)Nc2cc(OC)ccc2OC)nnc1C(C)Oc1ccc(C(C)C)cc1. The van der Waals surface area contributed by atoms with Crippen LogP contribution in [0.15, 0.2) is 47.6 Å². The molecule has 9 heteroatoms. The Hall–Kier alpha value is -3.20. The molecule has 182 valence electrons. The van der Waals surface area contributed by atoms with Crippen molar-refractivity contribution in [3.05, 3.63) is 53.9 Å². The van der Waals surface area contributed by atoms with Gasteiger partial charge in [0.25, 0.3) is 0 Å². The highest BCUT2D eigenvalue weighted by Gasteiger charge is 2.20. The van der Waals surface area contributed by atoms with Gasteiger partial charge >= 0.3 is 0 Å². The zero-order valence-corrected chi connectivity index (χ0v) is 21.3. The van der Waals surface area contributed by atoms with Gasteiger partial charge in [0.05, 0.1) is 25.7 Å². The number of methoxy groups -OCH3 is 2. The van der Waals surface area contributed by atoms with Gasteiger partial charge in [0.15, 0.2) is 17.1 Å². The van der Waals surface area contributed by atoms with Crippen LogP contribution >= 0.6 is 11.8 Å². The Morgan fingerprint density at radius 2 is 1.74 bits per heavy atom. The number of hydrogen-bond acceptors (Lipinski definition) is 7. The minimum atomic E-state index is -0.290. The van der Waals surface area contributed by atoms with Gasteiger partial charge in [-0.05, 0) is 49.6 Å². The molecule has 34 heavy (non-hydrogen) atoms. The van der Waals surface area contributed by atoms with Crippen LogP contribution in [0.25, 0.3) is 0 Å². The zero-order valence-electron chi connectivity index (χ0n) is 20.5. The maximum Gasteiger partial charge on any atom is 0.234 e. The van der Waals surface area contributed by atoms with Gasteiger partial charge in [-0.2, -0.15) is 0 Å². The summed E-state index contributed by atoms with van der Waals surface area (Å²) >= 11 is 1.32. The number of nitrogens with one attached hydrogen (secondary N) is 1. The fraction of sp³-hybridized carbons (Fsp3) is 0.400. The summed E-state index contributed by atoms with van der Waals surface area (Å²) in [5, 5.41) is 12.2. The Bertz CT molecular complexity index is 1100. The topological polar surface area (TPSA) is 87.5 Å². The highest BCUT2D eigenvalue weighted by molar-refractivity contribution is 7.99. The molecule has 1 aromatic heterocycles. The first kappa shape index (κ1) is 25.4. The van der Waals surface area contributed by atoms with Crippen molar-refractivity contribution >= 4 is 23.4 Å². The lowest BCUT2D eigenvalue weighted by atomic mass is 10.0. The van der Waals surface area contributed by atoms with Crippen LogP contribution in [0.3, 0.4) is 0 Å². The second-order valence-corrected chi connectivity index (χ2v) is 8.91. The maximum absolute atomic E-state index is 12.6. The van der Waals surface area contributed by atoms with Crippen LogP contribution in [-0.2, 0) is 11.3 Å². The van der Waals surface area contributed by atoms with E-state index in [1.807, 2.05) is 30.5 Å². The van der Waals surface area contributed by atoms with E-state index >= 15 is 0 Å². The quantitative estimate of drug-likeness (QED) is 0.369. The van der Waals surface area contributed by atoms with Gasteiger partial charge in [0.1, 0.15) is 17.2 Å². The van der Waals surface area contributed by atoms with Gasteiger partial charge < -0.3 is 24.1 Å². The highest BCUT2D eigenvalue weighted by atomic mass is 32.2. The summed E-state index contributed by atoms with van der Waals surface area (Å²) in [6.07, 6.45) is -0.290. The van der Waals surface area contributed by atoms with Crippen LogP contribution in [0.1, 0.15) is 51.1 Å². The Morgan fingerprint density at radius 1 is 1.03 bits per heavy atom. The Morgan fingerprint density at radius 3 is 2.35 bits per heavy atom. The molecule has 3 rings (SSSR count). The predicted octanol–water partition coefficient (Wildman–Crippen LogP) is 5.31. The van der Waals surface area contributed by atoms with Crippen molar-refractivity contribution in [1.29, 1.82) is 0 Å². The van der Waals surface area contributed by atoms with Crippen LogP contribution < -0.4 is 19.5 Å². The smallest absolute Gasteiger partial charge is 0.234 e. The number of thioether (sulfide) groups is 1. The summed E-state index contributed by atoms with van der Waals surface area (Å²) in [5.41, 5.74) is 1.82. The van der Waals surface area contributed by atoms with E-state index in [-0.39, 0.29) is 17.8 Å². The van der Waals surface area contributed by atoms with Gasteiger partial charge in [-0.25, -0.2) is 0 Å². The number of amides is 1. The summed E-state index contributed by atoms with van der Waals surface area (Å²) in [6, 6.07) is 13.4. The summed E-state index contributed by atoms with van der Waals surface area (Å²) in [6.45, 7) is 8.95. The molecule has 1 atom stereocenters. The van der Waals surface area contributed by atoms with Gasteiger partial charge in [-0.3, -0.25) is 4.79 Å². The molecule has 0 aliphatic heterocycles. The van der Waals surface area contributed by atoms with Crippen molar-refractivity contribution in [1.82, 2.24) is 14.8 Å². The van der Waals surface area contributed by atoms with Crippen molar-refractivity contribution in [3.63, 3.8) is 0 Å². The predicted molar refractivity (Wildman–Crippen MR) is 134 cm³/mol. The Kier molecular flexibility index (Phi) is 8.81. The molecule has 0 saturated carbocycles. The number of hydrogen-bond donors (Lipinski definition) is 1. The number of aromatic nitrogens is 3. The molecule has 2 aromatic carbocycles. The third kappa shape index (κ3) is 6.22. The van der Waals surface area contributed by atoms with Gasteiger partial charge in [-0.1, -0.05) is 37.7 Å². The molecule has 1 unspecified atom stereocenters. The average molecular weight is 485 g/mol. The number of anilines is 1. The van der Waals surface area contributed by atoms with Crippen molar-refractivity contribution in [2.45, 2.75) is 51.4 Å². The summed E-state index contributed by atoms with van der Waals surface area (Å²) in [7, 11) is 3.13. The maximum atomic E-state index is 12.6. The second-order valence-electron chi connectivity index (χ2n) is 7.97. The molecule has 1 heterocycles. The normalized spacial score (nSPS) is 11.9. The highest BCUT2D eigenvalue weighted by Crippen LogP contribution is 2.30. The van der Waals surface area contributed by atoms with Gasteiger partial charge in [-0.15, -0.1) is 10.2 Å². The number of benzene rings is 2. The zero-order chi connectivity index (χ0) is 24.7. The standard InChI is InChI=1S/C25H32N4O4S/c1-7-29-24(17(4)33-19-10-8-18(9-11-19)16(2)3)27-28-25(29)34-15-23(30)26-21-14-20(31-5)12-13-22(21)32-6/h8-14,16-17H,7,15H2,1-6H3,(H,26,30). The van der Waals surface area contributed by atoms with Crippen molar-refractivity contribution in [3.8, 4) is 17.2 Å². The molecule has 8 nitrogen and oxygen atoms in total. The molecular formula is C25H32N4O4S. The molecule has 0 aliphatic carbocycles. The fourth-order valence-corrected chi connectivity index (χ4v) is 4.23. The number of ether oxygens (including phenoxy) is 3. The first-order chi connectivity index (χ1) is 16.4. The third-order valence-corrected chi connectivity index (χ3v) is 6.26. The molecule has 0 aliphatic rings. The molecule has 0 radical (unpaired) electrons. The van der Waals surface area contributed by atoms with Crippen LogP contribution in [0.2, 0.25) is 0 Å². The lowest BCUT2D eigenvalue weighted by Crippen LogP contribution is -2.16. The number of rotatable bonds is 11. The van der Waals surface area contributed by atoms with Crippen LogP contribution in [-0.4, -0.2) is 40.6 Å². The molecular weight excluding hydrogens is 452 g/mol. The molecule has 0 fully saturated rings. The van der Waals surface area contributed by atoms with E-state index in [0.717, 1.165) is 5.75 Å². The van der Waals surface area contributed by atoms with Crippen LogP contribution in [0.4, 0.5) is 5.69 Å². The van der Waals surface area contributed by atoms with E-state index in [0.29, 0.717) is 40.6 Å². The van der Waals surface area contributed by atoms with E-state index in [1.165, 1.54) is 17.3 Å². The second kappa shape index (κ2) is 11.8. The van der Waals surface area contributed by atoms with Gasteiger partial charge in [0.2, 0.25) is 5.91 Å². The monoisotopic (exact) mass is 484 g/mol. The number of carbonyl (C=O) groups is 1. The van der Waals surface area contributed by atoms with E-state index in [2.05, 4.69) is 41.5 Å². The first-order valence-electron chi connectivity index (χ1n) is 11.2. The van der Waals surface area contributed by atoms with E-state index in [4.69, 9.17) is 14.2 Å². The Balaban J connectivity index is 1.64. The Labute approximate surface area is 205 Å². The lowest BCUT2D eigenvalue weighted by molar-refractivity contribution is -0.113. The minimum Gasteiger partial charge on any atom is -0.497 e. The molecule has 1 N–H and O–H groups in total. The summed E-state index contributed by atoms with van der Waals surface area (Å²) < 4.78 is 18.6. The van der Waals surface area contributed by atoms with E-state index in [9.17, 15) is 4.79 Å². The average Bonchev–Trinajstić information content (AvgIpc) is 3.26. The largest absolute Gasteiger partial charge is 0.497 e. The van der Waals surface area contributed by atoms with Gasteiger partial charge in [0, 0.05) is 12.6 Å². The fourth-order valence-electron chi connectivity index (χ4n) is 3.42. The van der Waals surface area contributed by atoms with E-state index in [1.54, 1.807) is 32.4 Å². The van der Waals surface area contributed by atoms with E-state index < -0.39 is 0 Å². The molecule has 3 aromatic rings. The minimum absolute atomic E-state index is 0.171.